The molecule has 2 saturated heterocycles. The van der Waals surface area contributed by atoms with E-state index in [-0.39, 0.29) is 0 Å². The second-order valence-electron chi connectivity index (χ2n) is 9.43. The minimum absolute atomic E-state index is 0.443. The molecule has 3 aromatic rings. The first-order valence-corrected chi connectivity index (χ1v) is 12.1. The highest BCUT2D eigenvalue weighted by molar-refractivity contribution is 5.98. The molecule has 1 aromatic carbocycles. The Labute approximate surface area is 204 Å². The number of fused-ring (bicyclic) bond motifs is 3. The fourth-order valence-corrected chi connectivity index (χ4v) is 5.13. The molecule has 2 N–H and O–H groups in total. The van der Waals surface area contributed by atoms with Crippen molar-refractivity contribution in [1.82, 2.24) is 19.9 Å². The maximum atomic E-state index is 12.4. The number of morpholine rings is 1. The summed E-state index contributed by atoms with van der Waals surface area (Å²) in [6, 6.07) is 8.23. The average molecular weight is 472 g/mol. The van der Waals surface area contributed by atoms with Crippen molar-refractivity contribution in [2.45, 2.75) is 6.42 Å². The van der Waals surface area contributed by atoms with Gasteiger partial charge in [0.05, 0.1) is 24.6 Å². The molecule has 1 amide bonds. The zero-order valence-corrected chi connectivity index (χ0v) is 19.9. The standard InChI is InChI=1S/C26H29N7O2/c1-31-4-6-33(7-5-31)26-28-15-18(16-29-26)23-14-22(25(27)34)21-13-17-12-19(32-8-10-35-11-9-32)2-3-20(17)24(21)30-23/h2-3,12,14-16H,4-11,13H2,1H3,(H2,27,34). The molecular weight excluding hydrogens is 442 g/mol. The number of benzene rings is 1. The van der Waals surface area contributed by atoms with Crippen LogP contribution in [0.15, 0.2) is 36.7 Å². The first-order chi connectivity index (χ1) is 17.1. The van der Waals surface area contributed by atoms with Gasteiger partial charge >= 0.3 is 0 Å². The number of amides is 1. The van der Waals surface area contributed by atoms with Gasteiger partial charge in [0.15, 0.2) is 0 Å². The SMILES string of the molecule is CN1CCN(c2ncc(-c3cc(C(N)=O)c4c(n3)-c3ccc(N5CCOCC5)cc3C4)cn2)CC1. The average Bonchev–Trinajstić information content (AvgIpc) is 3.27. The Morgan fingerprint density at radius 3 is 2.43 bits per heavy atom. The number of likely N-dealkylation sites (N-methyl/N-ethyl adjacent to an activating group) is 1. The maximum Gasteiger partial charge on any atom is 0.249 e. The number of nitrogens with two attached hydrogens (primary N) is 1. The lowest BCUT2D eigenvalue weighted by Gasteiger charge is -2.32. The van der Waals surface area contributed by atoms with Crippen molar-refractivity contribution in [1.29, 1.82) is 0 Å². The molecule has 0 saturated carbocycles. The molecule has 0 radical (unpaired) electrons. The zero-order valence-electron chi connectivity index (χ0n) is 19.9. The number of hydrogen-bond donors (Lipinski definition) is 1. The van der Waals surface area contributed by atoms with E-state index in [0.717, 1.165) is 86.4 Å². The van der Waals surface area contributed by atoms with Crippen LogP contribution in [-0.2, 0) is 11.2 Å². The van der Waals surface area contributed by atoms with Crippen LogP contribution < -0.4 is 15.5 Å². The Bertz CT molecular complexity index is 1260. The molecule has 0 unspecified atom stereocenters. The van der Waals surface area contributed by atoms with Gasteiger partial charge < -0.3 is 25.2 Å². The van der Waals surface area contributed by atoms with Gasteiger partial charge in [0.1, 0.15) is 0 Å². The highest BCUT2D eigenvalue weighted by Gasteiger charge is 2.27. The molecule has 180 valence electrons. The summed E-state index contributed by atoms with van der Waals surface area (Å²) in [5.74, 6) is 0.278. The van der Waals surface area contributed by atoms with Crippen LogP contribution in [0.25, 0.3) is 22.5 Å². The third-order valence-corrected chi connectivity index (χ3v) is 7.20. The number of aromatic nitrogens is 3. The Hall–Kier alpha value is -3.56. The lowest BCUT2D eigenvalue weighted by atomic mass is 10.0. The van der Waals surface area contributed by atoms with Crippen LogP contribution in [0.1, 0.15) is 21.5 Å². The number of nitrogens with zero attached hydrogens (tertiary/aromatic N) is 6. The molecule has 6 rings (SSSR count). The molecule has 2 aromatic heterocycles. The van der Waals surface area contributed by atoms with Gasteiger partial charge in [0.25, 0.3) is 0 Å². The van der Waals surface area contributed by atoms with Gasteiger partial charge in [-0.2, -0.15) is 0 Å². The quantitative estimate of drug-likeness (QED) is 0.481. The van der Waals surface area contributed by atoms with Crippen molar-refractivity contribution in [3.63, 3.8) is 0 Å². The number of ether oxygens (including phenoxy) is 1. The van der Waals surface area contributed by atoms with Gasteiger partial charge in [-0.25, -0.2) is 15.0 Å². The topological polar surface area (TPSA) is 101 Å². The predicted octanol–water partition coefficient (Wildman–Crippen LogP) is 1.80. The maximum absolute atomic E-state index is 12.4. The summed E-state index contributed by atoms with van der Waals surface area (Å²) >= 11 is 0. The van der Waals surface area contributed by atoms with Crippen molar-refractivity contribution in [3.8, 4) is 22.5 Å². The summed E-state index contributed by atoms with van der Waals surface area (Å²) in [5.41, 5.74) is 12.9. The first kappa shape index (κ1) is 21.9. The summed E-state index contributed by atoms with van der Waals surface area (Å²) in [5, 5.41) is 0. The smallest absolute Gasteiger partial charge is 0.249 e. The summed E-state index contributed by atoms with van der Waals surface area (Å²) in [6.07, 6.45) is 4.22. The highest BCUT2D eigenvalue weighted by atomic mass is 16.5. The number of rotatable bonds is 4. The van der Waals surface area contributed by atoms with E-state index in [9.17, 15) is 4.79 Å². The van der Waals surface area contributed by atoms with E-state index >= 15 is 0 Å². The van der Waals surface area contributed by atoms with Crippen molar-refractivity contribution in [3.05, 3.63) is 53.3 Å². The van der Waals surface area contributed by atoms with E-state index in [1.54, 1.807) is 18.5 Å². The molecular formula is C26H29N7O2. The van der Waals surface area contributed by atoms with Crippen LogP contribution in [0.5, 0.6) is 0 Å². The number of carbonyl (C=O) groups excluding carboxylic acids is 1. The van der Waals surface area contributed by atoms with Crippen LogP contribution in [0, 0.1) is 0 Å². The monoisotopic (exact) mass is 471 g/mol. The van der Waals surface area contributed by atoms with Crippen LogP contribution in [0.4, 0.5) is 11.6 Å². The van der Waals surface area contributed by atoms with Crippen molar-refractivity contribution >= 4 is 17.5 Å². The molecule has 9 nitrogen and oxygen atoms in total. The number of anilines is 2. The van der Waals surface area contributed by atoms with Gasteiger partial charge in [-0.1, -0.05) is 6.07 Å². The van der Waals surface area contributed by atoms with Crippen LogP contribution in [0.3, 0.4) is 0 Å². The van der Waals surface area contributed by atoms with Crippen molar-refractivity contribution < 1.29 is 9.53 Å². The second kappa shape index (κ2) is 8.90. The van der Waals surface area contributed by atoms with Crippen LogP contribution in [-0.4, -0.2) is 85.3 Å². The summed E-state index contributed by atoms with van der Waals surface area (Å²) in [7, 11) is 2.12. The van der Waals surface area contributed by atoms with Gasteiger partial charge in [-0.05, 0) is 36.4 Å². The molecule has 4 heterocycles. The lowest BCUT2D eigenvalue weighted by molar-refractivity contribution is 0.0999. The molecule has 3 aliphatic rings. The molecule has 2 aliphatic heterocycles. The molecule has 9 heteroatoms. The Kier molecular flexibility index (Phi) is 5.58. The van der Waals surface area contributed by atoms with E-state index in [1.165, 1.54) is 5.69 Å². The van der Waals surface area contributed by atoms with E-state index < -0.39 is 5.91 Å². The first-order valence-electron chi connectivity index (χ1n) is 12.1. The third-order valence-electron chi connectivity index (χ3n) is 7.20. The summed E-state index contributed by atoms with van der Waals surface area (Å²) in [4.78, 5) is 33.4. The number of pyridine rings is 1. The van der Waals surface area contributed by atoms with Gasteiger partial charge in [-0.15, -0.1) is 0 Å². The fraction of sp³-hybridized carbons (Fsp3) is 0.385. The minimum atomic E-state index is -0.443. The van der Waals surface area contributed by atoms with E-state index in [0.29, 0.717) is 17.7 Å². The molecule has 0 bridgehead atoms. The van der Waals surface area contributed by atoms with Crippen molar-refractivity contribution in [2.75, 3.05) is 69.3 Å². The van der Waals surface area contributed by atoms with E-state index in [4.69, 9.17) is 15.5 Å². The third kappa shape index (κ3) is 4.11. The normalized spacial score (nSPS) is 17.9. The number of primary amides is 1. The number of hydrogen-bond acceptors (Lipinski definition) is 8. The summed E-state index contributed by atoms with van der Waals surface area (Å²) < 4.78 is 5.49. The lowest BCUT2D eigenvalue weighted by Crippen LogP contribution is -2.45. The van der Waals surface area contributed by atoms with E-state index in [1.807, 2.05) is 0 Å². The van der Waals surface area contributed by atoms with Crippen LogP contribution >= 0.6 is 0 Å². The van der Waals surface area contributed by atoms with E-state index in [2.05, 4.69) is 49.9 Å². The zero-order chi connectivity index (χ0) is 23.9. The molecule has 2 fully saturated rings. The minimum Gasteiger partial charge on any atom is -0.378 e. The Balaban J connectivity index is 1.33. The number of piperazine rings is 1. The van der Waals surface area contributed by atoms with Gasteiger partial charge in [0, 0.05) is 80.5 Å². The largest absolute Gasteiger partial charge is 0.378 e. The van der Waals surface area contributed by atoms with Gasteiger partial charge in [0.2, 0.25) is 11.9 Å². The highest BCUT2D eigenvalue weighted by Crippen LogP contribution is 2.40. The van der Waals surface area contributed by atoms with Crippen molar-refractivity contribution in [2.24, 2.45) is 5.73 Å². The van der Waals surface area contributed by atoms with Gasteiger partial charge in [-0.3, -0.25) is 4.79 Å². The summed E-state index contributed by atoms with van der Waals surface area (Å²) in [6.45, 7) is 7.03. The molecule has 0 spiro atoms. The molecule has 35 heavy (non-hydrogen) atoms. The predicted molar refractivity (Wildman–Crippen MR) is 135 cm³/mol. The Morgan fingerprint density at radius 1 is 0.971 bits per heavy atom. The number of carbonyl (C=O) groups is 1. The molecule has 1 aliphatic carbocycles. The Morgan fingerprint density at radius 2 is 1.71 bits per heavy atom. The molecule has 0 atom stereocenters. The fourth-order valence-electron chi connectivity index (χ4n) is 5.13. The van der Waals surface area contributed by atoms with Crippen LogP contribution in [0.2, 0.25) is 0 Å². The second-order valence-corrected chi connectivity index (χ2v) is 9.43.